The Morgan fingerprint density at radius 2 is 1.97 bits per heavy atom. The lowest BCUT2D eigenvalue weighted by Crippen LogP contribution is -2.23. The van der Waals surface area contributed by atoms with Gasteiger partial charge in [0, 0.05) is 5.69 Å². The number of nitrogens with one attached hydrogen (secondary N) is 1. The van der Waals surface area contributed by atoms with Crippen LogP contribution in [0.5, 0.6) is 0 Å². The highest BCUT2D eigenvalue weighted by Gasteiger charge is 2.21. The van der Waals surface area contributed by atoms with Crippen LogP contribution in [0.4, 0.5) is 5.69 Å². The molecule has 1 heterocycles. The van der Waals surface area contributed by atoms with Gasteiger partial charge >= 0.3 is 5.97 Å². The Balaban J connectivity index is 2.21. The third kappa shape index (κ3) is 5.58. The molecule has 1 amide bonds. The Bertz CT molecular complexity index is 951. The van der Waals surface area contributed by atoms with E-state index in [1.165, 1.54) is 17.8 Å². The Hall–Kier alpha value is -2.85. The average Bonchev–Trinajstić information content (AvgIpc) is 2.68. The fourth-order valence-corrected chi connectivity index (χ4v) is 3.66. The van der Waals surface area contributed by atoms with Gasteiger partial charge in [0.25, 0.3) is 0 Å². The van der Waals surface area contributed by atoms with Crippen molar-refractivity contribution in [2.75, 3.05) is 11.9 Å². The molecule has 1 aromatic carbocycles. The van der Waals surface area contributed by atoms with Crippen LogP contribution in [0.15, 0.2) is 35.4 Å². The Kier molecular flexibility index (Phi) is 7.80. The molecule has 6 nitrogen and oxygen atoms in total. The monoisotopic (exact) mass is 411 g/mol. The van der Waals surface area contributed by atoms with Crippen LogP contribution in [0, 0.1) is 18.3 Å². The van der Waals surface area contributed by atoms with Gasteiger partial charge in [-0.05, 0) is 44.4 Å². The smallest absolute Gasteiger partial charge is 0.340 e. The van der Waals surface area contributed by atoms with Crippen LogP contribution in [0.25, 0.3) is 0 Å². The van der Waals surface area contributed by atoms with E-state index in [1.807, 2.05) is 24.3 Å². The minimum Gasteiger partial charge on any atom is -0.462 e. The molecule has 1 aromatic heterocycles. The topological polar surface area (TPSA) is 92.1 Å². The maximum atomic E-state index is 12.7. The number of pyridine rings is 1. The van der Waals surface area contributed by atoms with Gasteiger partial charge in [0.15, 0.2) is 0 Å². The summed E-state index contributed by atoms with van der Waals surface area (Å²) in [6, 6.07) is 11.2. The zero-order valence-electron chi connectivity index (χ0n) is 17.3. The van der Waals surface area contributed by atoms with E-state index in [0.717, 1.165) is 11.3 Å². The van der Waals surface area contributed by atoms with Crippen molar-refractivity contribution in [1.29, 1.82) is 5.26 Å². The summed E-state index contributed by atoms with van der Waals surface area (Å²) in [5, 5.41) is 12.4. The zero-order valence-corrected chi connectivity index (χ0v) is 18.1. The lowest BCUT2D eigenvalue weighted by molar-refractivity contribution is -0.115. The van der Waals surface area contributed by atoms with E-state index in [9.17, 15) is 14.9 Å². The van der Waals surface area contributed by atoms with Crippen molar-refractivity contribution in [3.63, 3.8) is 0 Å². The highest BCUT2D eigenvalue weighted by Crippen LogP contribution is 2.29. The zero-order chi connectivity index (χ0) is 21.6. The quantitative estimate of drug-likeness (QED) is 0.525. The number of carbonyl (C=O) groups excluding carboxylic acids is 2. The molecule has 0 spiro atoms. The third-order valence-corrected chi connectivity index (χ3v) is 5.39. The molecule has 0 bridgehead atoms. The van der Waals surface area contributed by atoms with E-state index in [2.05, 4.69) is 30.2 Å². The Labute approximate surface area is 175 Å². The minimum atomic E-state index is -0.512. The number of benzene rings is 1. The molecule has 0 aliphatic heterocycles. The first-order valence-electron chi connectivity index (χ1n) is 9.43. The van der Waals surface area contributed by atoms with Crippen LogP contribution in [0.3, 0.4) is 0 Å². The van der Waals surface area contributed by atoms with Gasteiger partial charge in [-0.25, -0.2) is 9.78 Å². The summed E-state index contributed by atoms with van der Waals surface area (Å²) in [6.45, 7) is 9.54. The van der Waals surface area contributed by atoms with Crippen molar-refractivity contribution < 1.29 is 14.3 Å². The molecule has 0 saturated heterocycles. The molecule has 0 fully saturated rings. The molecule has 2 rings (SSSR count). The fraction of sp³-hybridized carbons (Fsp3) is 0.364. The normalized spacial score (nSPS) is 11.6. The van der Waals surface area contributed by atoms with E-state index in [0.29, 0.717) is 10.7 Å². The summed E-state index contributed by atoms with van der Waals surface area (Å²) in [6.07, 6.45) is 0. The van der Waals surface area contributed by atoms with E-state index in [-0.39, 0.29) is 29.6 Å². The molecule has 2 aromatic rings. The fourth-order valence-electron chi connectivity index (χ4n) is 2.74. The first-order valence-corrected chi connectivity index (χ1v) is 10.3. The van der Waals surface area contributed by atoms with Crippen molar-refractivity contribution in [2.45, 2.75) is 50.8 Å². The molecule has 0 aliphatic carbocycles. The number of hydrogen-bond donors (Lipinski definition) is 1. The van der Waals surface area contributed by atoms with Crippen molar-refractivity contribution in [1.82, 2.24) is 4.98 Å². The molecular formula is C22H25N3O3S. The van der Waals surface area contributed by atoms with Crippen LogP contribution >= 0.6 is 11.8 Å². The van der Waals surface area contributed by atoms with Crippen LogP contribution in [-0.4, -0.2) is 28.7 Å². The molecule has 1 atom stereocenters. The number of para-hydroxylation sites is 1. The summed E-state index contributed by atoms with van der Waals surface area (Å²) in [4.78, 5) is 29.1. The number of ether oxygens (including phenoxy) is 1. The first kappa shape index (κ1) is 22.4. The second-order valence-corrected chi connectivity index (χ2v) is 8.13. The predicted octanol–water partition coefficient (Wildman–Crippen LogP) is 4.68. The maximum Gasteiger partial charge on any atom is 0.340 e. The Morgan fingerprint density at radius 3 is 2.59 bits per heavy atom. The molecule has 0 radical (unpaired) electrons. The number of aromatic nitrogens is 1. The summed E-state index contributed by atoms with van der Waals surface area (Å²) in [7, 11) is 0. The van der Waals surface area contributed by atoms with Gasteiger partial charge in [-0.2, -0.15) is 5.26 Å². The number of aryl methyl sites for hydroxylation is 1. The number of esters is 1. The van der Waals surface area contributed by atoms with Crippen molar-refractivity contribution in [2.24, 2.45) is 0 Å². The third-order valence-electron chi connectivity index (χ3n) is 4.29. The van der Waals surface area contributed by atoms with Crippen molar-refractivity contribution in [3.8, 4) is 6.07 Å². The second kappa shape index (κ2) is 10.1. The number of hydrogen-bond acceptors (Lipinski definition) is 6. The van der Waals surface area contributed by atoms with E-state index in [1.54, 1.807) is 20.8 Å². The molecule has 7 heteroatoms. The molecular weight excluding hydrogens is 386 g/mol. The highest BCUT2D eigenvalue weighted by molar-refractivity contribution is 8.00. The van der Waals surface area contributed by atoms with Crippen LogP contribution in [0.1, 0.15) is 60.8 Å². The highest BCUT2D eigenvalue weighted by atomic mass is 32.2. The second-order valence-electron chi connectivity index (χ2n) is 6.80. The van der Waals surface area contributed by atoms with Gasteiger partial charge in [-0.3, -0.25) is 4.79 Å². The van der Waals surface area contributed by atoms with Gasteiger partial charge in [0.2, 0.25) is 5.91 Å². The molecule has 0 saturated carbocycles. The van der Waals surface area contributed by atoms with E-state index < -0.39 is 11.2 Å². The van der Waals surface area contributed by atoms with Crippen LogP contribution in [-0.2, 0) is 9.53 Å². The molecule has 29 heavy (non-hydrogen) atoms. The van der Waals surface area contributed by atoms with E-state index in [4.69, 9.17) is 4.74 Å². The first-order chi connectivity index (χ1) is 13.8. The largest absolute Gasteiger partial charge is 0.462 e. The number of carbonyl (C=O) groups is 2. The number of nitrogens with zero attached hydrogens (tertiary/aromatic N) is 2. The molecule has 0 aliphatic rings. The van der Waals surface area contributed by atoms with Crippen LogP contribution < -0.4 is 5.32 Å². The predicted molar refractivity (Wildman–Crippen MR) is 114 cm³/mol. The summed E-state index contributed by atoms with van der Waals surface area (Å²) in [5.74, 6) is -0.415. The minimum absolute atomic E-state index is 0.180. The van der Waals surface area contributed by atoms with Gasteiger partial charge < -0.3 is 10.1 Å². The Morgan fingerprint density at radius 1 is 1.28 bits per heavy atom. The standard InChI is InChI=1S/C22H25N3O3S/c1-6-28-22(27)18-11-16(12-23)21(24-14(18)4)29-15(5)20(26)25-19-10-8-7-9-17(19)13(2)3/h7-11,13,15H,6H2,1-5H3,(H,25,26)/t15-/m0/s1. The van der Waals surface area contributed by atoms with Gasteiger partial charge in [-0.15, -0.1) is 0 Å². The van der Waals surface area contributed by atoms with Gasteiger partial charge in [0.05, 0.1) is 28.7 Å². The summed E-state index contributed by atoms with van der Waals surface area (Å²) in [5.41, 5.74) is 2.80. The number of thioether (sulfide) groups is 1. The lowest BCUT2D eigenvalue weighted by atomic mass is 10.0. The molecule has 1 N–H and O–H groups in total. The lowest BCUT2D eigenvalue weighted by Gasteiger charge is -2.17. The van der Waals surface area contributed by atoms with Crippen LogP contribution in [0.2, 0.25) is 0 Å². The summed E-state index contributed by atoms with van der Waals surface area (Å²) < 4.78 is 5.01. The number of anilines is 1. The number of rotatable bonds is 7. The van der Waals surface area contributed by atoms with E-state index >= 15 is 0 Å². The summed E-state index contributed by atoms with van der Waals surface area (Å²) >= 11 is 1.19. The molecule has 0 unspecified atom stereocenters. The molecule has 152 valence electrons. The maximum absolute atomic E-state index is 12.7. The van der Waals surface area contributed by atoms with Gasteiger partial charge in [-0.1, -0.05) is 43.8 Å². The van der Waals surface area contributed by atoms with Crippen molar-refractivity contribution in [3.05, 3.63) is 52.7 Å². The number of nitriles is 1. The van der Waals surface area contributed by atoms with Gasteiger partial charge in [0.1, 0.15) is 11.1 Å². The average molecular weight is 412 g/mol. The van der Waals surface area contributed by atoms with Crippen molar-refractivity contribution >= 4 is 29.3 Å². The SMILES string of the molecule is CCOC(=O)c1cc(C#N)c(S[C@@H](C)C(=O)Nc2ccccc2C(C)C)nc1C. The number of amides is 1.